The Morgan fingerprint density at radius 1 is 1.32 bits per heavy atom. The highest BCUT2D eigenvalue weighted by molar-refractivity contribution is 7.99. The zero-order chi connectivity index (χ0) is 13.9. The molecule has 0 aromatic heterocycles. The van der Waals surface area contributed by atoms with Crippen molar-refractivity contribution in [2.24, 2.45) is 5.73 Å². The van der Waals surface area contributed by atoms with Crippen LogP contribution in [-0.2, 0) is 16.6 Å². The van der Waals surface area contributed by atoms with Crippen LogP contribution in [0.4, 0.5) is 0 Å². The van der Waals surface area contributed by atoms with Crippen LogP contribution in [0.3, 0.4) is 0 Å². The molecule has 19 heavy (non-hydrogen) atoms. The Labute approximate surface area is 123 Å². The Morgan fingerprint density at radius 3 is 2.84 bits per heavy atom. The SMILES string of the molecule is NCc1cc(S(=O)(=O)N2CCCSCC2)ccc1Cl. The molecule has 0 spiro atoms. The average Bonchev–Trinajstić information content (AvgIpc) is 2.68. The molecular weight excluding hydrogens is 304 g/mol. The molecular formula is C12H17ClN2O2S2. The van der Waals surface area contributed by atoms with Crippen LogP contribution in [-0.4, -0.2) is 37.3 Å². The van der Waals surface area contributed by atoms with Crippen LogP contribution in [0, 0.1) is 0 Å². The molecule has 0 atom stereocenters. The topological polar surface area (TPSA) is 63.4 Å². The van der Waals surface area contributed by atoms with Crippen LogP contribution < -0.4 is 5.73 Å². The summed E-state index contributed by atoms with van der Waals surface area (Å²) in [6.07, 6.45) is 0.890. The molecule has 1 saturated heterocycles. The van der Waals surface area contributed by atoms with Gasteiger partial charge < -0.3 is 5.73 Å². The summed E-state index contributed by atoms with van der Waals surface area (Å²) in [6, 6.07) is 4.73. The van der Waals surface area contributed by atoms with Crippen LogP contribution >= 0.6 is 23.4 Å². The van der Waals surface area contributed by atoms with Gasteiger partial charge in [0, 0.05) is 30.4 Å². The molecule has 0 aliphatic carbocycles. The van der Waals surface area contributed by atoms with Gasteiger partial charge in [0.05, 0.1) is 4.90 Å². The van der Waals surface area contributed by atoms with Crippen molar-refractivity contribution in [3.63, 3.8) is 0 Å². The van der Waals surface area contributed by atoms with Gasteiger partial charge in [0.15, 0.2) is 0 Å². The van der Waals surface area contributed by atoms with Gasteiger partial charge in [-0.1, -0.05) is 11.6 Å². The summed E-state index contributed by atoms with van der Waals surface area (Å²) in [7, 11) is -3.43. The molecule has 1 aromatic rings. The monoisotopic (exact) mass is 320 g/mol. The van der Waals surface area contributed by atoms with E-state index in [1.54, 1.807) is 34.3 Å². The number of nitrogens with zero attached hydrogens (tertiary/aromatic N) is 1. The van der Waals surface area contributed by atoms with Crippen molar-refractivity contribution in [3.8, 4) is 0 Å². The highest BCUT2D eigenvalue weighted by Crippen LogP contribution is 2.24. The predicted octanol–water partition coefficient (Wildman–Crippen LogP) is 1.93. The standard InChI is InChI=1S/C12H17ClN2O2S2/c13-12-3-2-11(8-10(12)9-14)19(16,17)15-4-1-6-18-7-5-15/h2-3,8H,1,4-7,9,14H2. The maximum absolute atomic E-state index is 12.6. The quantitative estimate of drug-likeness (QED) is 0.924. The fraction of sp³-hybridized carbons (Fsp3) is 0.500. The predicted molar refractivity (Wildman–Crippen MR) is 80.0 cm³/mol. The van der Waals surface area contributed by atoms with Crippen molar-refractivity contribution in [1.82, 2.24) is 4.31 Å². The van der Waals surface area contributed by atoms with Crippen LogP contribution in [0.25, 0.3) is 0 Å². The number of thioether (sulfide) groups is 1. The van der Waals surface area contributed by atoms with Crippen molar-refractivity contribution in [2.45, 2.75) is 17.9 Å². The largest absolute Gasteiger partial charge is 0.326 e. The van der Waals surface area contributed by atoms with E-state index in [4.69, 9.17) is 17.3 Å². The molecule has 2 rings (SSSR count). The molecule has 1 heterocycles. The van der Waals surface area contributed by atoms with Gasteiger partial charge in [-0.15, -0.1) is 0 Å². The number of hydrogen-bond donors (Lipinski definition) is 1. The fourth-order valence-electron chi connectivity index (χ4n) is 1.98. The minimum Gasteiger partial charge on any atom is -0.326 e. The van der Waals surface area contributed by atoms with Crippen molar-refractivity contribution in [3.05, 3.63) is 28.8 Å². The van der Waals surface area contributed by atoms with E-state index < -0.39 is 10.0 Å². The minimum absolute atomic E-state index is 0.234. The molecule has 2 N–H and O–H groups in total. The van der Waals surface area contributed by atoms with Crippen LogP contribution in [0.15, 0.2) is 23.1 Å². The van der Waals surface area contributed by atoms with E-state index in [1.165, 1.54) is 0 Å². The molecule has 1 aliphatic rings. The molecule has 1 aromatic carbocycles. The molecule has 4 nitrogen and oxygen atoms in total. The molecule has 0 unspecified atom stereocenters. The van der Waals surface area contributed by atoms with Gasteiger partial charge in [-0.05, 0) is 35.9 Å². The Kier molecular flexibility index (Phi) is 5.14. The normalized spacial score (nSPS) is 18.2. The lowest BCUT2D eigenvalue weighted by Crippen LogP contribution is -2.33. The van der Waals surface area contributed by atoms with Gasteiger partial charge in [0.25, 0.3) is 0 Å². The molecule has 0 radical (unpaired) electrons. The molecule has 0 amide bonds. The molecule has 1 fully saturated rings. The second-order valence-corrected chi connectivity index (χ2v) is 7.90. The van der Waals surface area contributed by atoms with Crippen LogP contribution in [0.2, 0.25) is 5.02 Å². The summed E-state index contributed by atoms with van der Waals surface area (Å²) in [6.45, 7) is 1.38. The summed E-state index contributed by atoms with van der Waals surface area (Å²) in [4.78, 5) is 0.282. The van der Waals surface area contributed by atoms with Crippen LogP contribution in [0.5, 0.6) is 0 Å². The van der Waals surface area contributed by atoms with Gasteiger partial charge in [0.2, 0.25) is 10.0 Å². The summed E-state index contributed by atoms with van der Waals surface area (Å²) in [5.41, 5.74) is 6.23. The first-order valence-electron chi connectivity index (χ1n) is 6.12. The smallest absolute Gasteiger partial charge is 0.243 e. The van der Waals surface area contributed by atoms with Crippen molar-refractivity contribution >= 4 is 33.4 Å². The maximum Gasteiger partial charge on any atom is 0.243 e. The van der Waals surface area contributed by atoms with Crippen molar-refractivity contribution < 1.29 is 8.42 Å². The van der Waals surface area contributed by atoms with E-state index in [1.807, 2.05) is 0 Å². The fourth-order valence-corrected chi connectivity index (χ4v) is 4.71. The third kappa shape index (κ3) is 3.44. The second-order valence-electron chi connectivity index (χ2n) is 4.33. The average molecular weight is 321 g/mol. The maximum atomic E-state index is 12.6. The highest BCUT2D eigenvalue weighted by Gasteiger charge is 2.25. The lowest BCUT2D eigenvalue weighted by molar-refractivity contribution is 0.435. The van der Waals surface area contributed by atoms with E-state index in [0.29, 0.717) is 23.7 Å². The lowest BCUT2D eigenvalue weighted by atomic mass is 10.2. The van der Waals surface area contributed by atoms with E-state index >= 15 is 0 Å². The number of nitrogens with two attached hydrogens (primary N) is 1. The lowest BCUT2D eigenvalue weighted by Gasteiger charge is -2.20. The first kappa shape index (κ1) is 15.1. The van der Waals surface area contributed by atoms with E-state index in [9.17, 15) is 8.42 Å². The molecule has 0 saturated carbocycles. The minimum atomic E-state index is -3.43. The van der Waals surface area contributed by atoms with E-state index in [0.717, 1.165) is 17.9 Å². The van der Waals surface area contributed by atoms with Crippen molar-refractivity contribution in [2.75, 3.05) is 24.6 Å². The molecule has 7 heteroatoms. The van der Waals surface area contributed by atoms with Crippen LogP contribution in [0.1, 0.15) is 12.0 Å². The van der Waals surface area contributed by atoms with Gasteiger partial charge in [-0.25, -0.2) is 8.42 Å². The van der Waals surface area contributed by atoms with Gasteiger partial charge in [0.1, 0.15) is 0 Å². The Balaban J connectivity index is 2.32. The number of rotatable bonds is 3. The zero-order valence-corrected chi connectivity index (χ0v) is 12.9. The number of benzene rings is 1. The zero-order valence-electron chi connectivity index (χ0n) is 10.5. The van der Waals surface area contributed by atoms with E-state index in [-0.39, 0.29) is 11.4 Å². The summed E-state index contributed by atoms with van der Waals surface area (Å²) in [5.74, 6) is 1.86. The highest BCUT2D eigenvalue weighted by atomic mass is 35.5. The second kappa shape index (κ2) is 6.45. The third-order valence-corrected chi connectivity index (χ3v) is 6.37. The first-order valence-corrected chi connectivity index (χ1v) is 9.09. The summed E-state index contributed by atoms with van der Waals surface area (Å²) in [5, 5.41) is 0.507. The summed E-state index contributed by atoms with van der Waals surface area (Å²) < 4.78 is 26.7. The number of halogens is 1. The third-order valence-electron chi connectivity index (χ3n) is 3.06. The first-order chi connectivity index (χ1) is 9.05. The Hall–Kier alpha value is -0.270. The van der Waals surface area contributed by atoms with E-state index in [2.05, 4.69) is 0 Å². The van der Waals surface area contributed by atoms with Gasteiger partial charge >= 0.3 is 0 Å². The molecule has 106 valence electrons. The van der Waals surface area contributed by atoms with Gasteiger partial charge in [-0.3, -0.25) is 0 Å². The Morgan fingerprint density at radius 2 is 2.11 bits per heavy atom. The van der Waals surface area contributed by atoms with Crippen molar-refractivity contribution in [1.29, 1.82) is 0 Å². The molecule has 0 bridgehead atoms. The van der Waals surface area contributed by atoms with Gasteiger partial charge in [-0.2, -0.15) is 16.1 Å². The summed E-state index contributed by atoms with van der Waals surface area (Å²) >= 11 is 7.76. The molecule has 1 aliphatic heterocycles. The Bertz CT molecular complexity index is 541. The number of sulfonamides is 1. The number of hydrogen-bond acceptors (Lipinski definition) is 4.